The molecule has 0 saturated heterocycles. The zero-order valence-corrected chi connectivity index (χ0v) is 12.3. The van der Waals surface area contributed by atoms with Gasteiger partial charge in [0.25, 0.3) is 0 Å². The van der Waals surface area contributed by atoms with Crippen molar-refractivity contribution in [2.24, 2.45) is 5.41 Å². The van der Waals surface area contributed by atoms with Crippen LogP contribution in [0.5, 0.6) is 11.5 Å². The molecule has 3 heteroatoms. The first-order valence-electron chi connectivity index (χ1n) is 6.89. The molecule has 0 bridgehead atoms. The second kappa shape index (κ2) is 5.04. The lowest BCUT2D eigenvalue weighted by Gasteiger charge is -2.47. The summed E-state index contributed by atoms with van der Waals surface area (Å²) in [4.78, 5) is 0. The Kier molecular flexibility index (Phi) is 3.77. The Hall–Kier alpha value is -1.22. The molecule has 1 aliphatic rings. The molecule has 1 atom stereocenters. The zero-order chi connectivity index (χ0) is 14.1. The van der Waals surface area contributed by atoms with Crippen LogP contribution in [-0.4, -0.2) is 19.3 Å². The lowest BCUT2D eigenvalue weighted by Crippen LogP contribution is -2.44. The molecule has 0 heterocycles. The van der Waals surface area contributed by atoms with E-state index in [2.05, 4.69) is 13.8 Å². The molecule has 1 aromatic rings. The van der Waals surface area contributed by atoms with Crippen LogP contribution in [-0.2, 0) is 5.60 Å². The molecule has 0 aromatic heterocycles. The minimum atomic E-state index is -0.856. The van der Waals surface area contributed by atoms with Gasteiger partial charge < -0.3 is 14.6 Å². The van der Waals surface area contributed by atoms with E-state index in [0.717, 1.165) is 36.3 Å². The number of benzene rings is 1. The van der Waals surface area contributed by atoms with Crippen LogP contribution in [0.25, 0.3) is 0 Å². The minimum Gasteiger partial charge on any atom is -0.497 e. The zero-order valence-electron chi connectivity index (χ0n) is 12.3. The van der Waals surface area contributed by atoms with Gasteiger partial charge in [-0.3, -0.25) is 0 Å². The maximum absolute atomic E-state index is 11.3. The van der Waals surface area contributed by atoms with Crippen LogP contribution in [0.15, 0.2) is 18.2 Å². The molecule has 19 heavy (non-hydrogen) atoms. The first-order chi connectivity index (χ1) is 8.94. The van der Waals surface area contributed by atoms with Crippen LogP contribution < -0.4 is 9.47 Å². The molecule has 106 valence electrons. The Bertz CT molecular complexity index is 453. The van der Waals surface area contributed by atoms with Crippen molar-refractivity contribution < 1.29 is 14.6 Å². The molecular formula is C16H24O3. The van der Waals surface area contributed by atoms with Gasteiger partial charge in [-0.1, -0.05) is 26.7 Å². The average molecular weight is 264 g/mol. The van der Waals surface area contributed by atoms with E-state index < -0.39 is 5.60 Å². The summed E-state index contributed by atoms with van der Waals surface area (Å²) in [5.74, 6) is 1.49. The van der Waals surface area contributed by atoms with Crippen LogP contribution in [0.4, 0.5) is 0 Å². The van der Waals surface area contributed by atoms with Gasteiger partial charge in [0.15, 0.2) is 0 Å². The summed E-state index contributed by atoms with van der Waals surface area (Å²) in [6, 6.07) is 5.64. The maximum atomic E-state index is 11.3. The van der Waals surface area contributed by atoms with Gasteiger partial charge in [-0.25, -0.2) is 0 Å². The molecular weight excluding hydrogens is 240 g/mol. The van der Waals surface area contributed by atoms with Crippen LogP contribution >= 0.6 is 0 Å². The summed E-state index contributed by atoms with van der Waals surface area (Å²) in [6.45, 7) is 4.26. The summed E-state index contributed by atoms with van der Waals surface area (Å²) >= 11 is 0. The molecule has 0 amide bonds. The first-order valence-corrected chi connectivity index (χ1v) is 6.89. The fourth-order valence-electron chi connectivity index (χ4n) is 3.13. The Morgan fingerprint density at radius 1 is 1.05 bits per heavy atom. The molecule has 1 aliphatic carbocycles. The molecule has 0 spiro atoms. The van der Waals surface area contributed by atoms with Gasteiger partial charge in [-0.2, -0.15) is 0 Å². The number of ether oxygens (including phenoxy) is 2. The third-order valence-corrected chi connectivity index (χ3v) is 4.56. The standard InChI is InChI=1S/C16H24O3/c1-15(2)9-5-6-10-16(15,17)13-11-12(18-3)7-8-14(13)19-4/h7-8,11,17H,5-6,9-10H2,1-4H3. The predicted molar refractivity (Wildman–Crippen MR) is 75.7 cm³/mol. The van der Waals surface area contributed by atoms with Gasteiger partial charge in [-0.15, -0.1) is 0 Å². The van der Waals surface area contributed by atoms with Gasteiger partial charge in [0.05, 0.1) is 19.8 Å². The first kappa shape index (κ1) is 14.2. The summed E-state index contributed by atoms with van der Waals surface area (Å²) in [7, 11) is 3.28. The maximum Gasteiger partial charge on any atom is 0.125 e. The van der Waals surface area contributed by atoms with E-state index in [0.29, 0.717) is 0 Å². The predicted octanol–water partition coefficient (Wildman–Crippen LogP) is 3.49. The average Bonchev–Trinajstić information content (AvgIpc) is 2.41. The molecule has 1 aromatic carbocycles. The highest BCUT2D eigenvalue weighted by Crippen LogP contribution is 2.52. The van der Waals surface area contributed by atoms with E-state index in [9.17, 15) is 5.11 Å². The second-order valence-corrected chi connectivity index (χ2v) is 6.02. The SMILES string of the molecule is COc1ccc(OC)c(C2(O)CCCCC2(C)C)c1. The van der Waals surface area contributed by atoms with E-state index >= 15 is 0 Å². The van der Waals surface area contributed by atoms with Crippen LogP contribution in [0.2, 0.25) is 0 Å². The number of hydrogen-bond donors (Lipinski definition) is 1. The van der Waals surface area contributed by atoms with Gasteiger partial charge in [0.2, 0.25) is 0 Å². The Morgan fingerprint density at radius 2 is 1.74 bits per heavy atom. The molecule has 0 aliphatic heterocycles. The van der Waals surface area contributed by atoms with Crippen molar-refractivity contribution in [2.45, 2.75) is 45.1 Å². The van der Waals surface area contributed by atoms with Gasteiger partial charge in [-0.05, 0) is 36.5 Å². The van der Waals surface area contributed by atoms with Crippen molar-refractivity contribution in [3.8, 4) is 11.5 Å². The third kappa shape index (κ3) is 2.32. The summed E-state index contributed by atoms with van der Waals surface area (Å²) in [5, 5.41) is 11.3. The van der Waals surface area contributed by atoms with Crippen molar-refractivity contribution in [3.63, 3.8) is 0 Å². The van der Waals surface area contributed by atoms with Gasteiger partial charge in [0.1, 0.15) is 11.5 Å². The molecule has 1 saturated carbocycles. The second-order valence-electron chi connectivity index (χ2n) is 6.02. The molecule has 1 unspecified atom stereocenters. The fraction of sp³-hybridized carbons (Fsp3) is 0.625. The summed E-state index contributed by atoms with van der Waals surface area (Å²) < 4.78 is 10.7. The normalized spacial score (nSPS) is 25.9. The molecule has 3 nitrogen and oxygen atoms in total. The number of methoxy groups -OCH3 is 2. The number of aliphatic hydroxyl groups is 1. The Balaban J connectivity index is 2.54. The molecule has 1 fully saturated rings. The monoisotopic (exact) mass is 264 g/mol. The number of hydrogen-bond acceptors (Lipinski definition) is 3. The fourth-order valence-corrected chi connectivity index (χ4v) is 3.13. The van der Waals surface area contributed by atoms with Crippen LogP contribution in [0, 0.1) is 5.41 Å². The summed E-state index contributed by atoms with van der Waals surface area (Å²) in [5.41, 5.74) is -0.171. The molecule has 2 rings (SSSR count). The van der Waals surface area contributed by atoms with Crippen LogP contribution in [0.1, 0.15) is 45.1 Å². The largest absolute Gasteiger partial charge is 0.497 e. The van der Waals surface area contributed by atoms with E-state index in [1.54, 1.807) is 14.2 Å². The lowest BCUT2D eigenvalue weighted by molar-refractivity contribution is -0.105. The van der Waals surface area contributed by atoms with Crippen molar-refractivity contribution in [2.75, 3.05) is 14.2 Å². The lowest BCUT2D eigenvalue weighted by atomic mass is 9.62. The van der Waals surface area contributed by atoms with Crippen LogP contribution in [0.3, 0.4) is 0 Å². The smallest absolute Gasteiger partial charge is 0.125 e. The highest BCUT2D eigenvalue weighted by Gasteiger charge is 2.48. The van der Waals surface area contributed by atoms with Gasteiger partial charge in [0, 0.05) is 5.56 Å². The van der Waals surface area contributed by atoms with Crippen molar-refractivity contribution >= 4 is 0 Å². The quantitative estimate of drug-likeness (QED) is 0.908. The van der Waals surface area contributed by atoms with Crippen molar-refractivity contribution in [1.82, 2.24) is 0 Å². The van der Waals surface area contributed by atoms with E-state index in [-0.39, 0.29) is 5.41 Å². The number of rotatable bonds is 3. The molecule has 0 radical (unpaired) electrons. The van der Waals surface area contributed by atoms with Gasteiger partial charge >= 0.3 is 0 Å². The van der Waals surface area contributed by atoms with E-state index in [1.807, 2.05) is 18.2 Å². The van der Waals surface area contributed by atoms with E-state index in [1.165, 1.54) is 6.42 Å². The highest BCUT2D eigenvalue weighted by atomic mass is 16.5. The Morgan fingerprint density at radius 3 is 2.32 bits per heavy atom. The Labute approximate surface area is 115 Å². The minimum absolute atomic E-state index is 0.162. The topological polar surface area (TPSA) is 38.7 Å². The molecule has 1 N–H and O–H groups in total. The highest BCUT2D eigenvalue weighted by molar-refractivity contribution is 5.45. The van der Waals surface area contributed by atoms with E-state index in [4.69, 9.17) is 9.47 Å². The van der Waals surface area contributed by atoms with Crippen molar-refractivity contribution in [1.29, 1.82) is 0 Å². The summed E-state index contributed by atoms with van der Waals surface area (Å²) in [6.07, 6.45) is 4.00. The van der Waals surface area contributed by atoms with Crippen molar-refractivity contribution in [3.05, 3.63) is 23.8 Å². The third-order valence-electron chi connectivity index (χ3n) is 4.56.